The molecule has 0 aliphatic carbocycles. The van der Waals surface area contributed by atoms with Crippen LogP contribution in [0.4, 0.5) is 0 Å². The van der Waals surface area contributed by atoms with E-state index in [1.807, 2.05) is 25.1 Å². The summed E-state index contributed by atoms with van der Waals surface area (Å²) in [5.41, 5.74) is 6.90. The first-order valence-electron chi connectivity index (χ1n) is 7.20. The lowest BCUT2D eigenvalue weighted by Gasteiger charge is -2.16. The van der Waals surface area contributed by atoms with Crippen LogP contribution >= 0.6 is 0 Å². The van der Waals surface area contributed by atoms with Crippen molar-refractivity contribution < 1.29 is 14.3 Å². The SMILES string of the molecule is COc1cccc(CC(C)N)c1OCCCC(=O)N(C)C. The van der Waals surface area contributed by atoms with Gasteiger partial charge in [0.1, 0.15) is 0 Å². The average molecular weight is 294 g/mol. The highest BCUT2D eigenvalue weighted by Gasteiger charge is 2.12. The first-order chi connectivity index (χ1) is 9.95. The van der Waals surface area contributed by atoms with E-state index < -0.39 is 0 Å². The fraction of sp³-hybridized carbons (Fsp3) is 0.562. The molecule has 0 bridgehead atoms. The van der Waals surface area contributed by atoms with Gasteiger partial charge in [-0.05, 0) is 31.4 Å². The quantitative estimate of drug-likeness (QED) is 0.743. The van der Waals surface area contributed by atoms with Crippen LogP contribution in [0, 0.1) is 0 Å². The maximum Gasteiger partial charge on any atom is 0.222 e. The molecule has 2 N–H and O–H groups in total. The van der Waals surface area contributed by atoms with Crippen molar-refractivity contribution in [3.05, 3.63) is 23.8 Å². The fourth-order valence-electron chi connectivity index (χ4n) is 2.01. The molecule has 1 unspecified atom stereocenters. The van der Waals surface area contributed by atoms with E-state index in [0.717, 1.165) is 17.7 Å². The smallest absolute Gasteiger partial charge is 0.222 e. The largest absolute Gasteiger partial charge is 0.493 e. The molecule has 1 rings (SSSR count). The van der Waals surface area contributed by atoms with Gasteiger partial charge >= 0.3 is 0 Å². The molecule has 1 atom stereocenters. The van der Waals surface area contributed by atoms with Crippen molar-refractivity contribution in [2.45, 2.75) is 32.2 Å². The zero-order valence-electron chi connectivity index (χ0n) is 13.4. The van der Waals surface area contributed by atoms with Gasteiger partial charge in [-0.1, -0.05) is 12.1 Å². The lowest BCUT2D eigenvalue weighted by Crippen LogP contribution is -2.22. The Kier molecular flexibility index (Phi) is 7.02. The number of hydrogen-bond donors (Lipinski definition) is 1. The fourth-order valence-corrected chi connectivity index (χ4v) is 2.01. The van der Waals surface area contributed by atoms with E-state index in [1.165, 1.54) is 0 Å². The van der Waals surface area contributed by atoms with E-state index in [1.54, 1.807) is 26.1 Å². The van der Waals surface area contributed by atoms with E-state index >= 15 is 0 Å². The Labute approximate surface area is 127 Å². The number of rotatable bonds is 8. The van der Waals surface area contributed by atoms with Gasteiger partial charge in [-0.2, -0.15) is 0 Å². The summed E-state index contributed by atoms with van der Waals surface area (Å²) in [5.74, 6) is 1.54. The molecule has 21 heavy (non-hydrogen) atoms. The number of benzene rings is 1. The van der Waals surface area contributed by atoms with Crippen LogP contribution in [-0.2, 0) is 11.2 Å². The van der Waals surface area contributed by atoms with Crippen molar-refractivity contribution in [1.82, 2.24) is 4.90 Å². The molecule has 0 spiro atoms. The van der Waals surface area contributed by atoms with Gasteiger partial charge in [-0.3, -0.25) is 4.79 Å². The number of hydrogen-bond acceptors (Lipinski definition) is 4. The van der Waals surface area contributed by atoms with Crippen LogP contribution in [0.2, 0.25) is 0 Å². The van der Waals surface area contributed by atoms with E-state index in [0.29, 0.717) is 25.2 Å². The summed E-state index contributed by atoms with van der Waals surface area (Å²) < 4.78 is 11.2. The number of carbonyl (C=O) groups is 1. The molecule has 1 amide bonds. The Morgan fingerprint density at radius 2 is 2.10 bits per heavy atom. The van der Waals surface area contributed by atoms with Crippen LogP contribution in [0.1, 0.15) is 25.3 Å². The van der Waals surface area contributed by atoms with Crippen LogP contribution in [0.5, 0.6) is 11.5 Å². The van der Waals surface area contributed by atoms with Crippen molar-refractivity contribution in [2.75, 3.05) is 27.8 Å². The average Bonchev–Trinajstić information content (AvgIpc) is 2.43. The standard InChI is InChI=1S/C16H26N2O3/c1-12(17)11-13-7-5-8-14(20-4)16(13)21-10-6-9-15(19)18(2)3/h5,7-8,12H,6,9-11,17H2,1-4H3. The molecule has 0 saturated heterocycles. The molecule has 1 aromatic rings. The van der Waals surface area contributed by atoms with Gasteiger partial charge in [0.15, 0.2) is 11.5 Å². The molecule has 0 saturated carbocycles. The summed E-state index contributed by atoms with van der Waals surface area (Å²) in [6, 6.07) is 5.84. The normalized spacial score (nSPS) is 11.9. The predicted molar refractivity (Wildman–Crippen MR) is 83.8 cm³/mol. The number of para-hydroxylation sites is 1. The van der Waals surface area contributed by atoms with Gasteiger partial charge in [0.2, 0.25) is 5.91 Å². The second-order valence-corrected chi connectivity index (χ2v) is 5.37. The molecule has 5 nitrogen and oxygen atoms in total. The van der Waals surface area contributed by atoms with Crippen LogP contribution in [-0.4, -0.2) is 44.7 Å². The van der Waals surface area contributed by atoms with E-state index in [2.05, 4.69) is 0 Å². The zero-order valence-corrected chi connectivity index (χ0v) is 13.4. The van der Waals surface area contributed by atoms with Crippen molar-refractivity contribution in [1.29, 1.82) is 0 Å². The molecule has 0 fully saturated rings. The predicted octanol–water partition coefficient (Wildman–Crippen LogP) is 1.83. The molecular formula is C16H26N2O3. The molecule has 5 heteroatoms. The molecule has 0 aliphatic heterocycles. The summed E-state index contributed by atoms with van der Waals surface area (Å²) >= 11 is 0. The second kappa shape index (κ2) is 8.52. The van der Waals surface area contributed by atoms with Crippen molar-refractivity contribution in [3.63, 3.8) is 0 Å². The Bertz CT molecular complexity index is 459. The van der Waals surface area contributed by atoms with Crippen molar-refractivity contribution in [3.8, 4) is 11.5 Å². The van der Waals surface area contributed by atoms with Gasteiger partial charge in [-0.25, -0.2) is 0 Å². The van der Waals surface area contributed by atoms with Gasteiger partial charge in [0.25, 0.3) is 0 Å². The lowest BCUT2D eigenvalue weighted by molar-refractivity contribution is -0.128. The van der Waals surface area contributed by atoms with Gasteiger partial charge in [0, 0.05) is 26.6 Å². The summed E-state index contributed by atoms with van der Waals surface area (Å²) in [7, 11) is 5.13. The topological polar surface area (TPSA) is 64.8 Å². The molecular weight excluding hydrogens is 268 g/mol. The minimum absolute atomic E-state index is 0.0507. The first kappa shape index (κ1) is 17.3. The number of carbonyl (C=O) groups excluding carboxylic acids is 1. The first-order valence-corrected chi connectivity index (χ1v) is 7.20. The maximum atomic E-state index is 11.5. The third-order valence-corrected chi connectivity index (χ3v) is 3.10. The molecule has 0 aromatic heterocycles. The van der Waals surface area contributed by atoms with Gasteiger partial charge < -0.3 is 20.1 Å². The third kappa shape index (κ3) is 5.63. The van der Waals surface area contributed by atoms with Crippen molar-refractivity contribution >= 4 is 5.91 Å². The number of nitrogens with two attached hydrogens (primary N) is 1. The highest BCUT2D eigenvalue weighted by atomic mass is 16.5. The third-order valence-electron chi connectivity index (χ3n) is 3.10. The van der Waals surface area contributed by atoms with Gasteiger partial charge in [-0.15, -0.1) is 0 Å². The van der Waals surface area contributed by atoms with Crippen LogP contribution in [0.3, 0.4) is 0 Å². The lowest BCUT2D eigenvalue weighted by atomic mass is 10.1. The number of ether oxygens (including phenoxy) is 2. The molecule has 1 aromatic carbocycles. The number of nitrogens with zero attached hydrogens (tertiary/aromatic N) is 1. The summed E-state index contributed by atoms with van der Waals surface area (Å²) in [4.78, 5) is 13.1. The van der Waals surface area contributed by atoms with E-state index in [-0.39, 0.29) is 11.9 Å². The minimum atomic E-state index is 0.0507. The number of methoxy groups -OCH3 is 1. The van der Waals surface area contributed by atoms with E-state index in [9.17, 15) is 4.79 Å². The summed E-state index contributed by atoms with van der Waals surface area (Å²) in [6.07, 6.45) is 1.88. The monoisotopic (exact) mass is 294 g/mol. The maximum absolute atomic E-state index is 11.5. The second-order valence-electron chi connectivity index (χ2n) is 5.37. The zero-order chi connectivity index (χ0) is 15.8. The van der Waals surface area contributed by atoms with Crippen LogP contribution < -0.4 is 15.2 Å². The highest BCUT2D eigenvalue weighted by molar-refractivity contribution is 5.75. The van der Waals surface area contributed by atoms with Gasteiger partial charge in [0.05, 0.1) is 13.7 Å². The Morgan fingerprint density at radius 1 is 1.38 bits per heavy atom. The van der Waals surface area contributed by atoms with E-state index in [4.69, 9.17) is 15.2 Å². The van der Waals surface area contributed by atoms with Crippen LogP contribution in [0.25, 0.3) is 0 Å². The Morgan fingerprint density at radius 3 is 2.67 bits per heavy atom. The molecule has 0 aliphatic rings. The summed E-state index contributed by atoms with van der Waals surface area (Å²) in [6.45, 7) is 2.44. The molecule has 118 valence electrons. The highest BCUT2D eigenvalue weighted by Crippen LogP contribution is 2.32. The minimum Gasteiger partial charge on any atom is -0.493 e. The number of amides is 1. The Hall–Kier alpha value is -1.75. The summed E-state index contributed by atoms with van der Waals surface area (Å²) in [5, 5.41) is 0. The molecule has 0 radical (unpaired) electrons. The van der Waals surface area contributed by atoms with Crippen LogP contribution in [0.15, 0.2) is 18.2 Å². The van der Waals surface area contributed by atoms with Crippen molar-refractivity contribution in [2.24, 2.45) is 5.73 Å². The Balaban J connectivity index is 2.65. The molecule has 0 heterocycles.